The van der Waals surface area contributed by atoms with Gasteiger partial charge >= 0.3 is 0 Å². The number of phenols is 2. The third-order valence-electron chi connectivity index (χ3n) is 4.11. The third kappa shape index (κ3) is 6.05. The Kier molecular flexibility index (Phi) is 6.82. The number of rotatable bonds is 9. The highest BCUT2D eigenvalue weighted by atomic mass is 16.5. The second-order valence-electron chi connectivity index (χ2n) is 5.97. The highest BCUT2D eigenvalue weighted by molar-refractivity contribution is 5.79. The zero-order chi connectivity index (χ0) is 17.4. The number of hydrogen-bond acceptors (Lipinski definition) is 4. The summed E-state index contributed by atoms with van der Waals surface area (Å²) in [4.78, 5) is 12.1. The molecule has 0 amide bonds. The number of carbonyl (C=O) groups excluding carboxylic acids is 1. The van der Waals surface area contributed by atoms with Crippen LogP contribution in [0.5, 0.6) is 11.5 Å². The average molecular weight is 328 g/mol. The minimum Gasteiger partial charge on any atom is -0.508 e. The summed E-state index contributed by atoms with van der Waals surface area (Å²) in [6, 6.07) is 14.0. The molecule has 0 bridgehead atoms. The first-order chi connectivity index (χ1) is 11.6. The number of ether oxygens (including phenoxy) is 1. The molecule has 2 aromatic rings. The van der Waals surface area contributed by atoms with Gasteiger partial charge in [0.1, 0.15) is 17.3 Å². The van der Waals surface area contributed by atoms with E-state index in [9.17, 15) is 15.0 Å². The van der Waals surface area contributed by atoms with Gasteiger partial charge in [-0.05, 0) is 54.7 Å². The van der Waals surface area contributed by atoms with Crippen LogP contribution in [0.1, 0.15) is 30.4 Å². The number of aromatic hydroxyl groups is 2. The second kappa shape index (κ2) is 9.08. The number of Topliss-reactive ketones (excluding diaryl/α,β-unsaturated/α-hetero) is 1. The first-order valence-corrected chi connectivity index (χ1v) is 8.17. The van der Waals surface area contributed by atoms with Crippen molar-refractivity contribution in [2.45, 2.75) is 38.2 Å². The molecule has 4 heteroatoms. The van der Waals surface area contributed by atoms with Crippen LogP contribution in [0.4, 0.5) is 0 Å². The Morgan fingerprint density at radius 1 is 0.917 bits per heavy atom. The number of ketones is 1. The fraction of sp³-hybridized carbons (Fsp3) is 0.350. The van der Waals surface area contributed by atoms with Crippen LogP contribution in [-0.4, -0.2) is 29.2 Å². The zero-order valence-corrected chi connectivity index (χ0v) is 13.9. The number of methoxy groups -OCH3 is 1. The summed E-state index contributed by atoms with van der Waals surface area (Å²) < 4.78 is 5.43. The Morgan fingerprint density at radius 2 is 1.42 bits per heavy atom. The van der Waals surface area contributed by atoms with Crippen molar-refractivity contribution in [3.63, 3.8) is 0 Å². The van der Waals surface area contributed by atoms with Crippen molar-refractivity contribution in [1.82, 2.24) is 0 Å². The highest BCUT2D eigenvalue weighted by Gasteiger charge is 2.13. The maximum atomic E-state index is 12.1. The molecule has 0 aliphatic rings. The van der Waals surface area contributed by atoms with Gasteiger partial charge in [-0.1, -0.05) is 24.3 Å². The largest absolute Gasteiger partial charge is 0.508 e. The van der Waals surface area contributed by atoms with Crippen molar-refractivity contribution >= 4 is 5.78 Å². The van der Waals surface area contributed by atoms with E-state index in [1.54, 1.807) is 31.4 Å². The van der Waals surface area contributed by atoms with E-state index >= 15 is 0 Å². The predicted molar refractivity (Wildman–Crippen MR) is 93.3 cm³/mol. The van der Waals surface area contributed by atoms with Gasteiger partial charge in [0.15, 0.2) is 0 Å². The minimum atomic E-state index is -0.0916. The maximum Gasteiger partial charge on any atom is 0.135 e. The lowest BCUT2D eigenvalue weighted by Gasteiger charge is -2.14. The van der Waals surface area contributed by atoms with Crippen molar-refractivity contribution in [2.75, 3.05) is 7.11 Å². The lowest BCUT2D eigenvalue weighted by molar-refractivity contribution is -0.121. The summed E-state index contributed by atoms with van der Waals surface area (Å²) in [6.45, 7) is 0. The molecule has 0 fully saturated rings. The predicted octanol–water partition coefficient (Wildman–Crippen LogP) is 3.64. The lowest BCUT2D eigenvalue weighted by atomic mass is 10.00. The molecule has 0 spiro atoms. The third-order valence-corrected chi connectivity index (χ3v) is 4.11. The molecule has 0 radical (unpaired) electrons. The van der Waals surface area contributed by atoms with Crippen molar-refractivity contribution in [3.8, 4) is 11.5 Å². The molecule has 2 aromatic carbocycles. The topological polar surface area (TPSA) is 66.8 Å². The van der Waals surface area contributed by atoms with Crippen LogP contribution in [-0.2, 0) is 22.4 Å². The van der Waals surface area contributed by atoms with E-state index in [4.69, 9.17) is 4.74 Å². The zero-order valence-electron chi connectivity index (χ0n) is 13.9. The standard InChI is InChI=1S/C20H24O4/c1-24-20(13-7-16-4-10-18(22)11-5-16)14-19(23)12-6-15-2-8-17(21)9-3-15/h2-5,8-11,20-22H,6-7,12-14H2,1H3. The summed E-state index contributed by atoms with van der Waals surface area (Å²) in [5, 5.41) is 18.5. The molecule has 0 aromatic heterocycles. The molecule has 0 aliphatic carbocycles. The van der Waals surface area contributed by atoms with E-state index in [-0.39, 0.29) is 23.4 Å². The molecule has 2 N–H and O–H groups in total. The van der Waals surface area contributed by atoms with Crippen LogP contribution >= 0.6 is 0 Å². The Bertz CT molecular complexity index is 632. The van der Waals surface area contributed by atoms with Gasteiger partial charge in [0.2, 0.25) is 0 Å². The first kappa shape index (κ1) is 18.0. The Hall–Kier alpha value is -2.33. The van der Waals surface area contributed by atoms with Crippen molar-refractivity contribution in [2.24, 2.45) is 0 Å². The van der Waals surface area contributed by atoms with Crippen molar-refractivity contribution in [1.29, 1.82) is 0 Å². The quantitative estimate of drug-likeness (QED) is 0.737. The molecule has 1 atom stereocenters. The summed E-state index contributed by atoms with van der Waals surface area (Å²) >= 11 is 0. The molecule has 0 heterocycles. The Morgan fingerprint density at radius 3 is 1.92 bits per heavy atom. The van der Waals surface area contributed by atoms with Gasteiger partial charge in [-0.15, -0.1) is 0 Å². The Labute approximate surface area is 142 Å². The molecule has 0 aliphatic heterocycles. The molecule has 128 valence electrons. The SMILES string of the molecule is COC(CCc1ccc(O)cc1)CC(=O)CCc1ccc(O)cc1. The summed E-state index contributed by atoms with van der Waals surface area (Å²) in [5.74, 6) is 0.672. The van der Waals surface area contributed by atoms with Crippen LogP contribution in [0, 0.1) is 0 Å². The normalized spacial score (nSPS) is 12.0. The van der Waals surface area contributed by atoms with Gasteiger partial charge in [-0.25, -0.2) is 0 Å². The van der Waals surface area contributed by atoms with Gasteiger partial charge < -0.3 is 14.9 Å². The van der Waals surface area contributed by atoms with E-state index in [1.807, 2.05) is 24.3 Å². The Balaban J connectivity index is 1.75. The molecule has 24 heavy (non-hydrogen) atoms. The van der Waals surface area contributed by atoms with Crippen LogP contribution in [0.25, 0.3) is 0 Å². The molecule has 1 unspecified atom stereocenters. The lowest BCUT2D eigenvalue weighted by Crippen LogP contribution is -2.17. The molecule has 4 nitrogen and oxygen atoms in total. The molecular weight excluding hydrogens is 304 g/mol. The molecular formula is C20H24O4. The fourth-order valence-electron chi connectivity index (χ4n) is 2.60. The summed E-state index contributed by atoms with van der Waals surface area (Å²) in [7, 11) is 1.63. The fourth-order valence-corrected chi connectivity index (χ4v) is 2.60. The minimum absolute atomic E-state index is 0.0916. The monoisotopic (exact) mass is 328 g/mol. The van der Waals surface area contributed by atoms with Crippen LogP contribution in [0.15, 0.2) is 48.5 Å². The number of phenolic OH excluding ortho intramolecular Hbond substituents is 2. The van der Waals surface area contributed by atoms with Crippen molar-refractivity contribution in [3.05, 3.63) is 59.7 Å². The van der Waals surface area contributed by atoms with Gasteiger partial charge in [0.05, 0.1) is 6.10 Å². The highest BCUT2D eigenvalue weighted by Crippen LogP contribution is 2.16. The molecule has 0 saturated carbocycles. The molecule has 2 rings (SSSR count). The molecule has 0 saturated heterocycles. The van der Waals surface area contributed by atoms with E-state index in [0.717, 1.165) is 24.0 Å². The van der Waals surface area contributed by atoms with Gasteiger partial charge in [-0.3, -0.25) is 4.79 Å². The van der Waals surface area contributed by atoms with Gasteiger partial charge in [-0.2, -0.15) is 0 Å². The van der Waals surface area contributed by atoms with Gasteiger partial charge in [0, 0.05) is 20.0 Å². The second-order valence-corrected chi connectivity index (χ2v) is 5.97. The van der Waals surface area contributed by atoms with Crippen LogP contribution in [0.3, 0.4) is 0 Å². The van der Waals surface area contributed by atoms with E-state index in [1.165, 1.54) is 0 Å². The number of hydrogen-bond donors (Lipinski definition) is 2. The van der Waals surface area contributed by atoms with Crippen molar-refractivity contribution < 1.29 is 19.7 Å². The van der Waals surface area contributed by atoms with E-state index < -0.39 is 0 Å². The van der Waals surface area contributed by atoms with E-state index in [2.05, 4.69) is 0 Å². The summed E-state index contributed by atoms with van der Waals surface area (Å²) in [6.07, 6.45) is 3.05. The van der Waals surface area contributed by atoms with Crippen LogP contribution in [0.2, 0.25) is 0 Å². The summed E-state index contributed by atoms with van der Waals surface area (Å²) in [5.41, 5.74) is 2.16. The number of carbonyl (C=O) groups is 1. The smallest absolute Gasteiger partial charge is 0.135 e. The average Bonchev–Trinajstić information content (AvgIpc) is 2.59. The van der Waals surface area contributed by atoms with E-state index in [0.29, 0.717) is 19.3 Å². The first-order valence-electron chi connectivity index (χ1n) is 8.17. The number of aryl methyl sites for hydroxylation is 2. The number of benzene rings is 2. The maximum absolute atomic E-state index is 12.1. The van der Waals surface area contributed by atoms with Crippen LogP contribution < -0.4 is 0 Å². The van der Waals surface area contributed by atoms with Gasteiger partial charge in [0.25, 0.3) is 0 Å².